The molecule has 3 aromatic rings. The Hall–Kier alpha value is -2.14. The van der Waals surface area contributed by atoms with Crippen molar-refractivity contribution in [3.8, 4) is 5.13 Å². The molecule has 90 valence electrons. The number of para-hydroxylation sites is 1. The highest BCUT2D eigenvalue weighted by Crippen LogP contribution is 2.27. The fourth-order valence-corrected chi connectivity index (χ4v) is 2.95. The zero-order chi connectivity index (χ0) is 12.7. The smallest absolute Gasteiger partial charge is 0.352 e. The average Bonchev–Trinajstić information content (AvgIpc) is 2.91. The molecule has 0 unspecified atom stereocenters. The second kappa shape index (κ2) is 3.96. The van der Waals surface area contributed by atoms with E-state index in [0.717, 1.165) is 15.9 Å². The van der Waals surface area contributed by atoms with Gasteiger partial charge in [-0.3, -0.25) is 4.57 Å². The molecule has 4 nitrogen and oxygen atoms in total. The highest BCUT2D eigenvalue weighted by atomic mass is 32.1. The minimum Gasteiger partial charge on any atom is -0.477 e. The number of aromatic carboxylic acids is 1. The van der Waals surface area contributed by atoms with Crippen LogP contribution < -0.4 is 0 Å². The van der Waals surface area contributed by atoms with Crippen molar-refractivity contribution < 1.29 is 9.90 Å². The Kier molecular flexibility index (Phi) is 2.41. The molecule has 2 aromatic heterocycles. The van der Waals surface area contributed by atoms with Crippen molar-refractivity contribution in [1.82, 2.24) is 9.55 Å². The number of nitrogens with zero attached hydrogens (tertiary/aromatic N) is 2. The summed E-state index contributed by atoms with van der Waals surface area (Å²) >= 11 is 1.49. The maximum atomic E-state index is 11.2. The lowest BCUT2D eigenvalue weighted by atomic mass is 10.3. The van der Waals surface area contributed by atoms with Gasteiger partial charge >= 0.3 is 5.97 Å². The molecule has 3 rings (SSSR count). The predicted molar refractivity (Wildman–Crippen MR) is 70.6 cm³/mol. The van der Waals surface area contributed by atoms with Crippen molar-refractivity contribution in [3.63, 3.8) is 0 Å². The van der Waals surface area contributed by atoms with E-state index in [9.17, 15) is 9.90 Å². The van der Waals surface area contributed by atoms with Gasteiger partial charge in [0.1, 0.15) is 5.69 Å². The lowest BCUT2D eigenvalue weighted by Crippen LogP contribution is -2.07. The third-order valence-electron chi connectivity index (χ3n) is 2.77. The molecule has 1 aromatic carbocycles. The van der Waals surface area contributed by atoms with E-state index in [4.69, 9.17) is 0 Å². The number of hydrogen-bond acceptors (Lipinski definition) is 3. The summed E-state index contributed by atoms with van der Waals surface area (Å²) in [5.74, 6) is -0.942. The van der Waals surface area contributed by atoms with E-state index in [1.54, 1.807) is 16.7 Å². The van der Waals surface area contributed by atoms with Crippen LogP contribution in [0.2, 0.25) is 0 Å². The standard InChI is InChI=1S/C13H10N2O2S/c1-8-6-7-10(12(16)17)15(8)13-14-9-4-2-3-5-11(9)18-13/h2-7H,1H3,(H,16,17). The Morgan fingerprint density at radius 3 is 2.78 bits per heavy atom. The normalized spacial score (nSPS) is 10.9. The summed E-state index contributed by atoms with van der Waals surface area (Å²) in [4.78, 5) is 15.7. The molecular formula is C13H10N2O2S. The largest absolute Gasteiger partial charge is 0.477 e. The van der Waals surface area contributed by atoms with Gasteiger partial charge in [-0.15, -0.1) is 0 Å². The number of benzene rings is 1. The van der Waals surface area contributed by atoms with Gasteiger partial charge in [-0.2, -0.15) is 0 Å². The Labute approximate surface area is 107 Å². The number of fused-ring (bicyclic) bond motifs is 1. The second-order valence-electron chi connectivity index (χ2n) is 3.96. The fraction of sp³-hybridized carbons (Fsp3) is 0.0769. The van der Waals surface area contributed by atoms with Gasteiger partial charge in [0.2, 0.25) is 0 Å². The van der Waals surface area contributed by atoms with Crippen LogP contribution in [0.25, 0.3) is 15.3 Å². The van der Waals surface area contributed by atoms with Crippen LogP contribution in [0.4, 0.5) is 0 Å². The quantitative estimate of drug-likeness (QED) is 0.768. The number of thiazole rings is 1. The lowest BCUT2D eigenvalue weighted by molar-refractivity contribution is 0.0688. The van der Waals surface area contributed by atoms with Gasteiger partial charge in [-0.1, -0.05) is 23.5 Å². The van der Waals surface area contributed by atoms with E-state index in [1.165, 1.54) is 11.3 Å². The molecule has 0 fully saturated rings. The average molecular weight is 258 g/mol. The molecule has 0 saturated carbocycles. The van der Waals surface area contributed by atoms with Crippen LogP contribution in [0.1, 0.15) is 16.2 Å². The Morgan fingerprint density at radius 2 is 2.06 bits per heavy atom. The molecule has 0 aliphatic heterocycles. The third-order valence-corrected chi connectivity index (χ3v) is 3.79. The zero-order valence-corrected chi connectivity index (χ0v) is 10.4. The molecule has 18 heavy (non-hydrogen) atoms. The summed E-state index contributed by atoms with van der Waals surface area (Å²) in [5, 5.41) is 9.86. The molecule has 0 atom stereocenters. The Balaban J connectivity index is 2.25. The van der Waals surface area contributed by atoms with Crippen LogP contribution >= 0.6 is 11.3 Å². The molecule has 0 aliphatic carbocycles. The van der Waals surface area contributed by atoms with Gasteiger partial charge in [0.05, 0.1) is 10.2 Å². The Morgan fingerprint density at radius 1 is 1.28 bits per heavy atom. The van der Waals surface area contributed by atoms with E-state index < -0.39 is 5.97 Å². The van der Waals surface area contributed by atoms with E-state index in [-0.39, 0.29) is 5.69 Å². The highest BCUT2D eigenvalue weighted by Gasteiger charge is 2.16. The van der Waals surface area contributed by atoms with E-state index in [0.29, 0.717) is 5.13 Å². The first-order valence-corrected chi connectivity index (χ1v) is 6.26. The molecule has 2 heterocycles. The molecule has 0 amide bonds. The summed E-state index contributed by atoms with van der Waals surface area (Å²) in [5.41, 5.74) is 2.00. The lowest BCUT2D eigenvalue weighted by Gasteiger charge is -2.03. The monoisotopic (exact) mass is 258 g/mol. The summed E-state index contributed by atoms with van der Waals surface area (Å²) in [7, 11) is 0. The fourth-order valence-electron chi connectivity index (χ4n) is 1.92. The van der Waals surface area contributed by atoms with Gasteiger partial charge in [0.25, 0.3) is 0 Å². The van der Waals surface area contributed by atoms with Crippen molar-refractivity contribution in [3.05, 3.63) is 47.8 Å². The molecule has 0 spiro atoms. The highest BCUT2D eigenvalue weighted by molar-refractivity contribution is 7.20. The number of carboxylic acid groups (broad SMARTS) is 1. The van der Waals surface area contributed by atoms with Crippen LogP contribution in [0.15, 0.2) is 36.4 Å². The topological polar surface area (TPSA) is 55.1 Å². The number of hydrogen-bond donors (Lipinski definition) is 1. The minimum atomic E-state index is -0.942. The van der Waals surface area contributed by atoms with Gasteiger partial charge < -0.3 is 5.11 Å². The van der Waals surface area contributed by atoms with Crippen LogP contribution in [0.3, 0.4) is 0 Å². The molecular weight excluding hydrogens is 248 g/mol. The van der Waals surface area contributed by atoms with Crippen molar-refractivity contribution in [2.75, 3.05) is 0 Å². The van der Waals surface area contributed by atoms with Gasteiger partial charge in [-0.25, -0.2) is 9.78 Å². The molecule has 0 radical (unpaired) electrons. The minimum absolute atomic E-state index is 0.242. The van der Waals surface area contributed by atoms with Crippen LogP contribution in [0.5, 0.6) is 0 Å². The van der Waals surface area contributed by atoms with Gasteiger partial charge in [-0.05, 0) is 31.2 Å². The summed E-state index contributed by atoms with van der Waals surface area (Å²) in [6.45, 7) is 1.87. The molecule has 5 heteroatoms. The maximum absolute atomic E-state index is 11.2. The van der Waals surface area contributed by atoms with Crippen molar-refractivity contribution >= 4 is 27.5 Å². The van der Waals surface area contributed by atoms with Crippen LogP contribution in [-0.2, 0) is 0 Å². The SMILES string of the molecule is Cc1ccc(C(=O)O)n1-c1nc2ccccc2s1. The number of aromatic nitrogens is 2. The van der Waals surface area contributed by atoms with Crippen LogP contribution in [-0.4, -0.2) is 20.6 Å². The Bertz CT molecular complexity index is 709. The number of carbonyl (C=O) groups is 1. The van der Waals surface area contributed by atoms with Crippen molar-refractivity contribution in [2.24, 2.45) is 0 Å². The molecule has 0 aliphatic rings. The first kappa shape index (κ1) is 11.0. The van der Waals surface area contributed by atoms with Gasteiger partial charge in [0, 0.05) is 5.69 Å². The first-order chi connectivity index (χ1) is 8.66. The summed E-state index contributed by atoms with van der Waals surface area (Å²) in [6, 6.07) is 11.2. The number of rotatable bonds is 2. The summed E-state index contributed by atoms with van der Waals surface area (Å²) in [6.07, 6.45) is 0. The number of carboxylic acids is 1. The first-order valence-electron chi connectivity index (χ1n) is 5.44. The number of aryl methyl sites for hydroxylation is 1. The zero-order valence-electron chi connectivity index (χ0n) is 9.62. The van der Waals surface area contributed by atoms with Crippen LogP contribution in [0, 0.1) is 6.92 Å². The maximum Gasteiger partial charge on any atom is 0.352 e. The predicted octanol–water partition coefficient (Wildman–Crippen LogP) is 3.09. The molecule has 1 N–H and O–H groups in total. The summed E-state index contributed by atoms with van der Waals surface area (Å²) < 4.78 is 2.73. The second-order valence-corrected chi connectivity index (χ2v) is 4.97. The molecule has 0 bridgehead atoms. The van der Waals surface area contributed by atoms with E-state index >= 15 is 0 Å². The van der Waals surface area contributed by atoms with Crippen molar-refractivity contribution in [2.45, 2.75) is 6.92 Å². The van der Waals surface area contributed by atoms with Gasteiger partial charge in [0.15, 0.2) is 5.13 Å². The molecule has 0 saturated heterocycles. The van der Waals surface area contributed by atoms with Crippen molar-refractivity contribution in [1.29, 1.82) is 0 Å². The third kappa shape index (κ3) is 1.60. The van der Waals surface area contributed by atoms with E-state index in [2.05, 4.69) is 4.98 Å². The van der Waals surface area contributed by atoms with E-state index in [1.807, 2.05) is 31.2 Å².